The summed E-state index contributed by atoms with van der Waals surface area (Å²) in [4.78, 5) is 10.6. The first kappa shape index (κ1) is 12.7. The Morgan fingerprint density at radius 1 is 1.39 bits per heavy atom. The van der Waals surface area contributed by atoms with Gasteiger partial charge < -0.3 is 10.8 Å². The summed E-state index contributed by atoms with van der Waals surface area (Å²) < 4.78 is 1.20. The van der Waals surface area contributed by atoms with E-state index in [9.17, 15) is 4.79 Å². The number of carbonyl (C=O) groups is 1. The van der Waals surface area contributed by atoms with Crippen LogP contribution >= 0.6 is 23.2 Å². The standard InChI is InChI=1S/C11H9Cl2N3O2/c12-6-1-2-7(8(13)3-6)9-4-10(14)16(15-9)5-11(17)18/h1-4H,5,14H2,(H,17,18). The number of aliphatic carboxylic acids is 1. The Morgan fingerprint density at radius 2 is 2.11 bits per heavy atom. The number of benzene rings is 1. The highest BCUT2D eigenvalue weighted by molar-refractivity contribution is 6.36. The van der Waals surface area contributed by atoms with Crippen molar-refractivity contribution in [3.63, 3.8) is 0 Å². The molecule has 0 atom stereocenters. The van der Waals surface area contributed by atoms with Crippen molar-refractivity contribution in [3.05, 3.63) is 34.3 Å². The van der Waals surface area contributed by atoms with Gasteiger partial charge in [0.05, 0.1) is 10.7 Å². The van der Waals surface area contributed by atoms with Gasteiger partial charge in [0.2, 0.25) is 0 Å². The fourth-order valence-electron chi connectivity index (χ4n) is 1.51. The minimum absolute atomic E-state index is 0.262. The van der Waals surface area contributed by atoms with E-state index in [0.717, 1.165) is 0 Å². The monoisotopic (exact) mass is 285 g/mol. The number of rotatable bonds is 3. The first-order valence-corrected chi connectivity index (χ1v) is 5.73. The molecule has 0 unspecified atom stereocenters. The van der Waals surface area contributed by atoms with Gasteiger partial charge in [0, 0.05) is 16.7 Å². The zero-order valence-corrected chi connectivity index (χ0v) is 10.6. The van der Waals surface area contributed by atoms with Crippen molar-refractivity contribution in [1.82, 2.24) is 9.78 Å². The molecule has 18 heavy (non-hydrogen) atoms. The lowest BCUT2D eigenvalue weighted by molar-refractivity contribution is -0.137. The molecule has 0 spiro atoms. The molecule has 2 aromatic rings. The predicted octanol–water partition coefficient (Wildman–Crippen LogP) is 2.52. The van der Waals surface area contributed by atoms with E-state index in [1.807, 2.05) is 0 Å². The smallest absolute Gasteiger partial charge is 0.325 e. The summed E-state index contributed by atoms with van der Waals surface area (Å²) in [7, 11) is 0. The molecule has 0 bridgehead atoms. The maximum atomic E-state index is 10.6. The van der Waals surface area contributed by atoms with E-state index in [2.05, 4.69) is 5.10 Å². The van der Waals surface area contributed by atoms with Crippen molar-refractivity contribution < 1.29 is 9.90 Å². The van der Waals surface area contributed by atoms with Gasteiger partial charge >= 0.3 is 5.97 Å². The number of anilines is 1. The Morgan fingerprint density at radius 3 is 2.72 bits per heavy atom. The lowest BCUT2D eigenvalue weighted by atomic mass is 10.1. The molecule has 0 saturated heterocycles. The Balaban J connectivity index is 2.42. The van der Waals surface area contributed by atoms with Crippen LogP contribution in [0.5, 0.6) is 0 Å². The van der Waals surface area contributed by atoms with E-state index >= 15 is 0 Å². The number of carboxylic acids is 1. The van der Waals surface area contributed by atoms with E-state index in [1.54, 1.807) is 24.3 Å². The molecule has 7 heteroatoms. The number of nitrogens with two attached hydrogens (primary N) is 1. The summed E-state index contributed by atoms with van der Waals surface area (Å²) in [6.07, 6.45) is 0. The van der Waals surface area contributed by atoms with Crippen molar-refractivity contribution in [2.24, 2.45) is 0 Å². The molecule has 0 aliphatic rings. The van der Waals surface area contributed by atoms with Crippen molar-refractivity contribution >= 4 is 35.0 Å². The summed E-state index contributed by atoms with van der Waals surface area (Å²) >= 11 is 11.8. The largest absolute Gasteiger partial charge is 0.480 e. The highest BCUT2D eigenvalue weighted by atomic mass is 35.5. The molecule has 0 aliphatic heterocycles. The van der Waals surface area contributed by atoms with Crippen LogP contribution in [0, 0.1) is 0 Å². The Hall–Kier alpha value is -1.72. The number of nitrogens with zero attached hydrogens (tertiary/aromatic N) is 2. The second kappa shape index (κ2) is 4.88. The van der Waals surface area contributed by atoms with Crippen LogP contribution < -0.4 is 5.73 Å². The fraction of sp³-hybridized carbons (Fsp3) is 0.0909. The topological polar surface area (TPSA) is 81.1 Å². The van der Waals surface area contributed by atoms with Crippen LogP contribution in [-0.2, 0) is 11.3 Å². The molecule has 0 aliphatic carbocycles. The fourth-order valence-corrected chi connectivity index (χ4v) is 2.02. The normalized spacial score (nSPS) is 10.6. The van der Waals surface area contributed by atoms with Gasteiger partial charge in [-0.2, -0.15) is 5.10 Å². The summed E-state index contributed by atoms with van der Waals surface area (Å²) in [5.41, 5.74) is 6.83. The molecule has 1 aromatic heterocycles. The molecule has 0 fully saturated rings. The van der Waals surface area contributed by atoms with Gasteiger partial charge in [0.15, 0.2) is 0 Å². The lowest BCUT2D eigenvalue weighted by Crippen LogP contribution is -2.12. The summed E-state index contributed by atoms with van der Waals surface area (Å²) in [5, 5.41) is 13.7. The summed E-state index contributed by atoms with van der Waals surface area (Å²) in [5.74, 6) is -0.753. The van der Waals surface area contributed by atoms with E-state index in [1.165, 1.54) is 4.68 Å². The molecular weight excluding hydrogens is 277 g/mol. The molecule has 3 N–H and O–H groups in total. The Labute approximate surface area is 113 Å². The molecule has 0 amide bonds. The molecular formula is C11H9Cl2N3O2. The Kier molecular flexibility index (Phi) is 3.45. The average Bonchev–Trinajstić information content (AvgIpc) is 2.59. The third kappa shape index (κ3) is 2.57. The number of hydrogen-bond acceptors (Lipinski definition) is 3. The average molecular weight is 286 g/mol. The van der Waals surface area contributed by atoms with Gasteiger partial charge in [-0.15, -0.1) is 0 Å². The quantitative estimate of drug-likeness (QED) is 0.908. The van der Waals surface area contributed by atoms with Crippen LogP contribution in [0.15, 0.2) is 24.3 Å². The van der Waals surface area contributed by atoms with Crippen molar-refractivity contribution in [3.8, 4) is 11.3 Å². The molecule has 1 aromatic carbocycles. The molecule has 5 nitrogen and oxygen atoms in total. The molecule has 94 valence electrons. The predicted molar refractivity (Wildman–Crippen MR) is 69.7 cm³/mol. The summed E-state index contributed by atoms with van der Waals surface area (Å²) in [6.45, 7) is -0.295. The number of aromatic nitrogens is 2. The van der Waals surface area contributed by atoms with Crippen LogP contribution in [0.2, 0.25) is 10.0 Å². The Bertz CT molecular complexity index is 610. The van der Waals surface area contributed by atoms with Gasteiger partial charge in [-0.05, 0) is 18.2 Å². The van der Waals surface area contributed by atoms with E-state index in [4.69, 9.17) is 34.0 Å². The third-order valence-electron chi connectivity index (χ3n) is 2.30. The van der Waals surface area contributed by atoms with Crippen LogP contribution in [0.3, 0.4) is 0 Å². The van der Waals surface area contributed by atoms with E-state index < -0.39 is 5.97 Å². The van der Waals surface area contributed by atoms with E-state index in [-0.39, 0.29) is 12.4 Å². The van der Waals surface area contributed by atoms with Gasteiger partial charge in [-0.1, -0.05) is 23.2 Å². The van der Waals surface area contributed by atoms with Crippen molar-refractivity contribution in [2.75, 3.05) is 5.73 Å². The number of nitrogen functional groups attached to an aromatic ring is 1. The minimum Gasteiger partial charge on any atom is -0.480 e. The number of halogens is 2. The number of carboxylic acid groups (broad SMARTS) is 1. The van der Waals surface area contributed by atoms with Crippen LogP contribution in [0.4, 0.5) is 5.82 Å². The lowest BCUT2D eigenvalue weighted by Gasteiger charge is -2.01. The molecule has 0 radical (unpaired) electrons. The third-order valence-corrected chi connectivity index (χ3v) is 2.85. The van der Waals surface area contributed by atoms with Crippen molar-refractivity contribution in [1.29, 1.82) is 0 Å². The SMILES string of the molecule is Nc1cc(-c2ccc(Cl)cc2Cl)nn1CC(=O)O. The molecule has 0 saturated carbocycles. The minimum atomic E-state index is -1.02. The maximum Gasteiger partial charge on any atom is 0.325 e. The van der Waals surface area contributed by atoms with Crippen molar-refractivity contribution in [2.45, 2.75) is 6.54 Å². The van der Waals surface area contributed by atoms with Gasteiger partial charge in [-0.25, -0.2) is 4.68 Å². The highest BCUT2D eigenvalue weighted by Crippen LogP contribution is 2.30. The first-order chi connectivity index (χ1) is 8.47. The van der Waals surface area contributed by atoms with Gasteiger partial charge in [0.1, 0.15) is 12.4 Å². The first-order valence-electron chi connectivity index (χ1n) is 4.98. The second-order valence-electron chi connectivity index (χ2n) is 3.63. The zero-order valence-electron chi connectivity index (χ0n) is 9.10. The van der Waals surface area contributed by atoms with Gasteiger partial charge in [0.25, 0.3) is 0 Å². The molecule has 1 heterocycles. The highest BCUT2D eigenvalue weighted by Gasteiger charge is 2.12. The number of hydrogen-bond donors (Lipinski definition) is 2. The van der Waals surface area contributed by atoms with Crippen LogP contribution in [0.25, 0.3) is 11.3 Å². The van der Waals surface area contributed by atoms with Crippen LogP contribution in [-0.4, -0.2) is 20.9 Å². The van der Waals surface area contributed by atoms with Crippen LogP contribution in [0.1, 0.15) is 0 Å². The second-order valence-corrected chi connectivity index (χ2v) is 4.47. The maximum absolute atomic E-state index is 10.6. The summed E-state index contributed by atoms with van der Waals surface area (Å²) in [6, 6.07) is 6.54. The molecule has 2 rings (SSSR count). The van der Waals surface area contributed by atoms with E-state index in [0.29, 0.717) is 21.3 Å². The van der Waals surface area contributed by atoms with Gasteiger partial charge in [-0.3, -0.25) is 4.79 Å². The zero-order chi connectivity index (χ0) is 13.3.